The minimum absolute atomic E-state index is 0.0163. The summed E-state index contributed by atoms with van der Waals surface area (Å²) in [6.07, 6.45) is 3.18. The Morgan fingerprint density at radius 1 is 1.17 bits per heavy atom. The molecule has 0 unspecified atom stereocenters. The van der Waals surface area contributed by atoms with Crippen LogP contribution in [0.15, 0.2) is 58.0 Å². The largest absolute Gasteiger partial charge is 0.464 e. The highest BCUT2D eigenvalue weighted by molar-refractivity contribution is 7.89. The number of hydrogen-bond acceptors (Lipinski definition) is 4. The molecule has 1 fully saturated rings. The lowest BCUT2D eigenvalue weighted by Gasteiger charge is -2.29. The molecule has 0 saturated carbocycles. The predicted octanol–water partition coefficient (Wildman–Crippen LogP) is 4.17. The summed E-state index contributed by atoms with van der Waals surface area (Å²) >= 11 is 0. The summed E-state index contributed by atoms with van der Waals surface area (Å²) in [7, 11) is -3.53. The third-order valence-electron chi connectivity index (χ3n) is 5.49. The van der Waals surface area contributed by atoms with Crippen molar-refractivity contribution in [3.8, 4) is 0 Å². The fourth-order valence-corrected chi connectivity index (χ4v) is 5.12. The van der Waals surface area contributed by atoms with Gasteiger partial charge in [-0.1, -0.05) is 6.92 Å². The molecule has 6 nitrogen and oxygen atoms in total. The number of nitrogens with zero attached hydrogens (tertiary/aromatic N) is 1. The maximum absolute atomic E-state index is 13.5. The van der Waals surface area contributed by atoms with Crippen LogP contribution < -0.4 is 5.32 Å². The Hall–Kier alpha value is -2.71. The molecule has 8 heteroatoms. The van der Waals surface area contributed by atoms with Gasteiger partial charge in [0.15, 0.2) is 0 Å². The van der Waals surface area contributed by atoms with Crippen molar-refractivity contribution < 1.29 is 22.0 Å². The highest BCUT2D eigenvalue weighted by Crippen LogP contribution is 2.25. The molecule has 0 radical (unpaired) electrons. The summed E-state index contributed by atoms with van der Waals surface area (Å²) in [5, 5.41) is 3.30. The molecular formula is C22H23FN2O4S. The number of fused-ring (bicyclic) bond motifs is 1. The Kier molecular flexibility index (Phi) is 5.62. The SMILES string of the molecule is CC1CCN(S(=O)(=O)c2ccc(NC(=O)Cc3coc4ccc(F)cc34)cc2)CC1. The van der Waals surface area contributed by atoms with E-state index in [4.69, 9.17) is 4.42 Å². The van der Waals surface area contributed by atoms with Crippen LogP contribution in [0.5, 0.6) is 0 Å². The number of carbonyl (C=O) groups is 1. The molecular weight excluding hydrogens is 407 g/mol. The standard InChI is InChI=1S/C22H23FN2O4S/c1-15-8-10-25(11-9-15)30(27,28)19-5-3-18(4-6-19)24-22(26)12-16-14-29-21-7-2-17(23)13-20(16)21/h2-7,13-15H,8-12H2,1H3,(H,24,26). The smallest absolute Gasteiger partial charge is 0.243 e. The summed E-state index contributed by atoms with van der Waals surface area (Å²) in [5.41, 5.74) is 1.59. The average molecular weight is 431 g/mol. The number of benzene rings is 2. The van der Waals surface area contributed by atoms with E-state index >= 15 is 0 Å². The third-order valence-corrected chi connectivity index (χ3v) is 7.40. The van der Waals surface area contributed by atoms with Crippen molar-refractivity contribution in [2.45, 2.75) is 31.1 Å². The summed E-state index contributed by atoms with van der Waals surface area (Å²) in [5.74, 6) is -0.161. The van der Waals surface area contributed by atoms with Gasteiger partial charge in [0, 0.05) is 29.7 Å². The topological polar surface area (TPSA) is 79.6 Å². The molecule has 1 saturated heterocycles. The normalized spacial score (nSPS) is 16.1. The summed E-state index contributed by atoms with van der Waals surface area (Å²) in [6, 6.07) is 10.3. The van der Waals surface area contributed by atoms with E-state index in [-0.39, 0.29) is 17.2 Å². The van der Waals surface area contributed by atoms with Gasteiger partial charge in [-0.15, -0.1) is 0 Å². The number of rotatable bonds is 5. The van der Waals surface area contributed by atoms with Gasteiger partial charge in [-0.3, -0.25) is 4.79 Å². The summed E-state index contributed by atoms with van der Waals surface area (Å²) in [6.45, 7) is 3.19. The van der Waals surface area contributed by atoms with E-state index in [1.807, 2.05) is 0 Å². The minimum atomic E-state index is -3.53. The molecule has 1 aliphatic heterocycles. The molecule has 1 amide bonds. The zero-order valence-corrected chi connectivity index (χ0v) is 17.4. The van der Waals surface area contributed by atoms with Crippen molar-refractivity contribution in [3.63, 3.8) is 0 Å². The van der Waals surface area contributed by atoms with Crippen molar-refractivity contribution in [2.75, 3.05) is 18.4 Å². The number of nitrogens with one attached hydrogen (secondary N) is 1. The molecule has 158 valence electrons. The van der Waals surface area contributed by atoms with Crippen molar-refractivity contribution in [3.05, 3.63) is 60.1 Å². The second kappa shape index (κ2) is 8.20. The van der Waals surface area contributed by atoms with E-state index in [0.717, 1.165) is 12.8 Å². The maximum Gasteiger partial charge on any atom is 0.243 e. The van der Waals surface area contributed by atoms with Gasteiger partial charge in [-0.05, 0) is 61.2 Å². The van der Waals surface area contributed by atoms with E-state index in [1.54, 1.807) is 12.1 Å². The number of amides is 1. The molecule has 0 aliphatic carbocycles. The van der Waals surface area contributed by atoms with Gasteiger partial charge in [0.25, 0.3) is 0 Å². The number of carbonyl (C=O) groups excluding carboxylic acids is 1. The lowest BCUT2D eigenvalue weighted by molar-refractivity contribution is -0.115. The zero-order valence-electron chi connectivity index (χ0n) is 16.6. The molecule has 2 heterocycles. The average Bonchev–Trinajstić information content (AvgIpc) is 3.10. The molecule has 0 atom stereocenters. The van der Waals surface area contributed by atoms with Crippen molar-refractivity contribution in [2.24, 2.45) is 5.92 Å². The van der Waals surface area contributed by atoms with Crippen molar-refractivity contribution >= 4 is 32.6 Å². The molecule has 30 heavy (non-hydrogen) atoms. The molecule has 0 spiro atoms. The van der Waals surface area contributed by atoms with Crippen LogP contribution >= 0.6 is 0 Å². The number of sulfonamides is 1. The second-order valence-electron chi connectivity index (χ2n) is 7.74. The minimum Gasteiger partial charge on any atom is -0.464 e. The lowest BCUT2D eigenvalue weighted by Crippen LogP contribution is -2.37. The molecule has 1 aliphatic rings. The zero-order chi connectivity index (χ0) is 21.3. The van der Waals surface area contributed by atoms with Crippen LogP contribution in [0.3, 0.4) is 0 Å². The van der Waals surface area contributed by atoms with Gasteiger partial charge in [-0.25, -0.2) is 12.8 Å². The number of anilines is 1. The van der Waals surface area contributed by atoms with Gasteiger partial charge >= 0.3 is 0 Å². The van der Waals surface area contributed by atoms with Crippen LogP contribution in [0.2, 0.25) is 0 Å². The molecule has 3 aromatic rings. The van der Waals surface area contributed by atoms with Crippen LogP contribution in [0.4, 0.5) is 10.1 Å². The highest BCUT2D eigenvalue weighted by atomic mass is 32.2. The van der Waals surface area contributed by atoms with Gasteiger partial charge in [0.1, 0.15) is 11.4 Å². The third kappa shape index (κ3) is 4.24. The molecule has 0 bridgehead atoms. The Morgan fingerprint density at radius 3 is 2.57 bits per heavy atom. The van der Waals surface area contributed by atoms with Crippen molar-refractivity contribution in [1.82, 2.24) is 4.31 Å². The van der Waals surface area contributed by atoms with Gasteiger partial charge in [0.2, 0.25) is 15.9 Å². The Balaban J connectivity index is 1.43. The van der Waals surface area contributed by atoms with Crippen LogP contribution in [-0.2, 0) is 21.2 Å². The molecule has 1 aromatic heterocycles. The Bertz CT molecular complexity index is 1160. The predicted molar refractivity (Wildman–Crippen MR) is 112 cm³/mol. The van der Waals surface area contributed by atoms with Gasteiger partial charge < -0.3 is 9.73 Å². The van der Waals surface area contributed by atoms with E-state index in [1.165, 1.54) is 40.9 Å². The van der Waals surface area contributed by atoms with Crippen LogP contribution in [-0.4, -0.2) is 31.7 Å². The second-order valence-corrected chi connectivity index (χ2v) is 9.68. The monoisotopic (exact) mass is 430 g/mol. The fourth-order valence-electron chi connectivity index (χ4n) is 3.65. The summed E-state index contributed by atoms with van der Waals surface area (Å²) < 4.78 is 45.9. The number of hydrogen-bond donors (Lipinski definition) is 1. The highest BCUT2D eigenvalue weighted by Gasteiger charge is 2.27. The van der Waals surface area contributed by atoms with Gasteiger partial charge in [-0.2, -0.15) is 4.31 Å². The quantitative estimate of drug-likeness (QED) is 0.659. The first-order valence-corrected chi connectivity index (χ1v) is 11.3. The van der Waals surface area contributed by atoms with E-state index < -0.39 is 15.8 Å². The van der Waals surface area contributed by atoms with Crippen LogP contribution in [0.25, 0.3) is 11.0 Å². The first-order valence-electron chi connectivity index (χ1n) is 9.88. The first-order chi connectivity index (χ1) is 14.3. The molecule has 4 rings (SSSR count). The first kappa shape index (κ1) is 20.6. The Labute approximate surface area is 174 Å². The van der Waals surface area contributed by atoms with E-state index in [9.17, 15) is 17.6 Å². The molecule has 2 aromatic carbocycles. The van der Waals surface area contributed by atoms with Crippen LogP contribution in [0.1, 0.15) is 25.3 Å². The van der Waals surface area contributed by atoms with Crippen LogP contribution in [0, 0.1) is 11.7 Å². The Morgan fingerprint density at radius 2 is 1.87 bits per heavy atom. The maximum atomic E-state index is 13.5. The van der Waals surface area contributed by atoms with Gasteiger partial charge in [0.05, 0.1) is 17.6 Å². The number of furan rings is 1. The summed E-state index contributed by atoms with van der Waals surface area (Å²) in [4.78, 5) is 12.6. The fraction of sp³-hybridized carbons (Fsp3) is 0.318. The lowest BCUT2D eigenvalue weighted by atomic mass is 10.0. The van der Waals surface area contributed by atoms with E-state index in [0.29, 0.717) is 41.2 Å². The molecule has 1 N–H and O–H groups in total. The van der Waals surface area contributed by atoms with Crippen molar-refractivity contribution in [1.29, 1.82) is 0 Å². The van der Waals surface area contributed by atoms with E-state index in [2.05, 4.69) is 12.2 Å². The number of halogens is 1. The number of piperidine rings is 1.